The van der Waals surface area contributed by atoms with Crippen LogP contribution in [0.2, 0.25) is 0 Å². The first-order valence-corrected chi connectivity index (χ1v) is 7.19. The fourth-order valence-electron chi connectivity index (χ4n) is 1.92. The second-order valence-corrected chi connectivity index (χ2v) is 7.50. The highest BCUT2D eigenvalue weighted by atomic mass is 31.2. The zero-order valence-electron chi connectivity index (χ0n) is 7.92. The summed E-state index contributed by atoms with van der Waals surface area (Å²) in [7, 11) is -2.18. The molecule has 0 aliphatic heterocycles. The van der Waals surface area contributed by atoms with Crippen molar-refractivity contribution in [2.24, 2.45) is 0 Å². The van der Waals surface area contributed by atoms with E-state index in [1.165, 1.54) is 0 Å². The predicted octanol–water partition coefficient (Wildman–Crippen LogP) is 3.28. The van der Waals surface area contributed by atoms with Crippen molar-refractivity contribution in [1.29, 1.82) is 0 Å². The van der Waals surface area contributed by atoms with Crippen LogP contribution in [0.1, 0.15) is 32.6 Å². The Bertz CT molecular complexity index is 193. The number of hydrogen-bond donors (Lipinski definition) is 0. The molecule has 1 nitrogen and oxygen atoms in total. The fraction of sp³-hybridized carbons (Fsp3) is 1.00. The Morgan fingerprint density at radius 1 is 1.42 bits per heavy atom. The smallest absolute Gasteiger partial charge is 0.110 e. The Morgan fingerprint density at radius 2 is 2.00 bits per heavy atom. The van der Waals surface area contributed by atoms with Crippen molar-refractivity contribution in [2.75, 3.05) is 12.8 Å². The van der Waals surface area contributed by atoms with Crippen LogP contribution < -0.4 is 0 Å². The van der Waals surface area contributed by atoms with Gasteiger partial charge in [-0.05, 0) is 25.7 Å². The van der Waals surface area contributed by atoms with Crippen LogP contribution in [0.25, 0.3) is 0 Å². The van der Waals surface area contributed by atoms with E-state index in [0.717, 1.165) is 19.3 Å². The van der Waals surface area contributed by atoms with E-state index < -0.39 is 13.3 Å². The fourth-order valence-corrected chi connectivity index (χ4v) is 3.95. The molecular weight excluding hydrogens is 174 g/mol. The van der Waals surface area contributed by atoms with Crippen molar-refractivity contribution in [3.8, 4) is 0 Å². The molecule has 0 bridgehead atoms. The molecule has 0 heterocycles. The lowest BCUT2D eigenvalue weighted by molar-refractivity contribution is 0.253. The molecule has 0 spiro atoms. The molecule has 0 aromatic heterocycles. The highest BCUT2D eigenvalue weighted by Crippen LogP contribution is 2.52. The van der Waals surface area contributed by atoms with Crippen molar-refractivity contribution < 1.29 is 8.96 Å². The summed E-state index contributed by atoms with van der Waals surface area (Å²) < 4.78 is 25.3. The largest absolute Gasteiger partial charge is 0.323 e. The molecule has 0 amide bonds. The van der Waals surface area contributed by atoms with Gasteiger partial charge in [-0.25, -0.2) is 4.39 Å². The third-order valence-corrected chi connectivity index (χ3v) is 6.22. The predicted molar refractivity (Wildman–Crippen MR) is 51.2 cm³/mol. The van der Waals surface area contributed by atoms with Crippen LogP contribution in [0.4, 0.5) is 4.39 Å². The van der Waals surface area contributed by atoms with Gasteiger partial charge in [-0.1, -0.05) is 19.8 Å². The standard InChI is InChI=1S/C9H18FOP/c1-3-12(2,11)9-7-5-4-6-8(9)10/h8-9H,3-7H2,1-2H3. The summed E-state index contributed by atoms with van der Waals surface area (Å²) in [6.45, 7) is 3.66. The third kappa shape index (κ3) is 2.10. The van der Waals surface area contributed by atoms with Crippen LogP contribution in [0.5, 0.6) is 0 Å². The zero-order chi connectivity index (χ0) is 9.19. The van der Waals surface area contributed by atoms with Crippen molar-refractivity contribution in [3.05, 3.63) is 0 Å². The van der Waals surface area contributed by atoms with Gasteiger partial charge in [0.2, 0.25) is 0 Å². The zero-order valence-corrected chi connectivity index (χ0v) is 8.82. The maximum absolute atomic E-state index is 13.4. The van der Waals surface area contributed by atoms with Crippen molar-refractivity contribution in [3.63, 3.8) is 0 Å². The van der Waals surface area contributed by atoms with Gasteiger partial charge in [0.1, 0.15) is 6.17 Å². The van der Waals surface area contributed by atoms with Gasteiger partial charge < -0.3 is 4.57 Å². The summed E-state index contributed by atoms with van der Waals surface area (Å²) in [4.78, 5) is 0. The van der Waals surface area contributed by atoms with E-state index in [9.17, 15) is 8.96 Å². The number of rotatable bonds is 2. The molecule has 0 aromatic carbocycles. The molecule has 3 heteroatoms. The molecular formula is C9H18FOP. The molecule has 0 radical (unpaired) electrons. The van der Waals surface area contributed by atoms with Crippen molar-refractivity contribution >= 4 is 7.14 Å². The second-order valence-electron chi connectivity index (χ2n) is 3.86. The minimum absolute atomic E-state index is 0.128. The summed E-state index contributed by atoms with van der Waals surface area (Å²) in [6.07, 6.45) is 3.35. The molecule has 1 saturated carbocycles. The summed E-state index contributed by atoms with van der Waals surface area (Å²) in [5.41, 5.74) is -0.128. The van der Waals surface area contributed by atoms with Gasteiger partial charge >= 0.3 is 0 Å². The van der Waals surface area contributed by atoms with E-state index in [2.05, 4.69) is 0 Å². The monoisotopic (exact) mass is 192 g/mol. The van der Waals surface area contributed by atoms with Gasteiger partial charge in [-0.15, -0.1) is 0 Å². The summed E-state index contributed by atoms with van der Waals surface area (Å²) in [6, 6.07) is 0. The molecule has 12 heavy (non-hydrogen) atoms. The van der Waals surface area contributed by atoms with E-state index in [1.807, 2.05) is 6.92 Å². The molecule has 1 aliphatic carbocycles. The minimum atomic E-state index is -2.18. The molecule has 3 atom stereocenters. The Kier molecular flexibility index (Phi) is 3.34. The molecule has 0 N–H and O–H groups in total. The Morgan fingerprint density at radius 3 is 2.50 bits per heavy atom. The number of halogens is 1. The van der Waals surface area contributed by atoms with E-state index in [4.69, 9.17) is 0 Å². The quantitative estimate of drug-likeness (QED) is 0.613. The average Bonchev–Trinajstić information content (AvgIpc) is 2.05. The van der Waals surface area contributed by atoms with Gasteiger partial charge in [0.15, 0.2) is 0 Å². The van der Waals surface area contributed by atoms with Gasteiger partial charge in [0.25, 0.3) is 0 Å². The maximum Gasteiger partial charge on any atom is 0.110 e. The van der Waals surface area contributed by atoms with Crippen LogP contribution in [-0.4, -0.2) is 24.7 Å². The maximum atomic E-state index is 13.4. The lowest BCUT2D eigenvalue weighted by Crippen LogP contribution is -2.26. The van der Waals surface area contributed by atoms with Gasteiger partial charge in [0, 0.05) is 5.66 Å². The lowest BCUT2D eigenvalue weighted by atomic mass is 9.98. The van der Waals surface area contributed by atoms with Crippen LogP contribution in [-0.2, 0) is 4.57 Å². The minimum Gasteiger partial charge on any atom is -0.323 e. The first kappa shape index (κ1) is 10.2. The van der Waals surface area contributed by atoms with Crippen LogP contribution >= 0.6 is 7.14 Å². The molecule has 72 valence electrons. The molecule has 0 aromatic rings. The SMILES string of the molecule is CCP(C)(=O)C1CCCCC1F. The highest BCUT2D eigenvalue weighted by Gasteiger charge is 2.35. The summed E-state index contributed by atoms with van der Waals surface area (Å²) >= 11 is 0. The van der Waals surface area contributed by atoms with E-state index in [0.29, 0.717) is 12.6 Å². The molecule has 1 aliphatic rings. The van der Waals surface area contributed by atoms with E-state index in [1.54, 1.807) is 6.66 Å². The number of hydrogen-bond acceptors (Lipinski definition) is 1. The molecule has 0 saturated heterocycles. The summed E-state index contributed by atoms with van der Waals surface area (Å²) in [5.74, 6) is 0. The van der Waals surface area contributed by atoms with Crippen LogP contribution in [0, 0.1) is 0 Å². The summed E-state index contributed by atoms with van der Waals surface area (Å²) in [5, 5.41) is 0. The Hall–Kier alpha value is 0.160. The highest BCUT2D eigenvalue weighted by molar-refractivity contribution is 7.63. The Balaban J connectivity index is 2.65. The van der Waals surface area contributed by atoms with E-state index in [-0.39, 0.29) is 5.66 Å². The van der Waals surface area contributed by atoms with Crippen molar-refractivity contribution in [1.82, 2.24) is 0 Å². The first-order chi connectivity index (χ1) is 5.58. The van der Waals surface area contributed by atoms with Gasteiger partial charge in [0.05, 0.1) is 7.14 Å². The van der Waals surface area contributed by atoms with E-state index >= 15 is 0 Å². The second kappa shape index (κ2) is 3.91. The molecule has 1 fully saturated rings. The topological polar surface area (TPSA) is 17.1 Å². The van der Waals surface area contributed by atoms with Gasteiger partial charge in [-0.2, -0.15) is 0 Å². The normalized spacial score (nSPS) is 35.9. The lowest BCUT2D eigenvalue weighted by Gasteiger charge is -2.30. The van der Waals surface area contributed by atoms with Crippen LogP contribution in [0.15, 0.2) is 0 Å². The molecule has 1 rings (SSSR count). The average molecular weight is 192 g/mol. The van der Waals surface area contributed by atoms with Crippen LogP contribution in [0.3, 0.4) is 0 Å². The Labute approximate surface area is 74.1 Å². The number of alkyl halides is 1. The van der Waals surface area contributed by atoms with Gasteiger partial charge in [-0.3, -0.25) is 0 Å². The first-order valence-electron chi connectivity index (χ1n) is 4.78. The molecule has 3 unspecified atom stereocenters. The third-order valence-electron chi connectivity index (χ3n) is 2.98. The van der Waals surface area contributed by atoms with Crippen molar-refractivity contribution in [2.45, 2.75) is 44.4 Å².